The Morgan fingerprint density at radius 3 is 2.48 bits per heavy atom. The molecule has 0 saturated heterocycles. The average molecular weight is 325 g/mol. The van der Waals surface area contributed by atoms with Gasteiger partial charge in [-0.1, -0.05) is 41.4 Å². The first-order chi connectivity index (χ1) is 9.97. The number of ether oxygens (including phenoxy) is 1. The van der Waals surface area contributed by atoms with Gasteiger partial charge in [0, 0.05) is 5.69 Å². The number of aryl methyl sites for hydroxylation is 1. The van der Waals surface area contributed by atoms with Gasteiger partial charge in [0.1, 0.15) is 5.75 Å². The van der Waals surface area contributed by atoms with Crippen molar-refractivity contribution in [1.82, 2.24) is 0 Å². The zero-order chi connectivity index (χ0) is 15.4. The van der Waals surface area contributed by atoms with Crippen LogP contribution in [0.4, 0.5) is 11.4 Å². The van der Waals surface area contributed by atoms with Gasteiger partial charge >= 0.3 is 0 Å². The molecule has 0 bridgehead atoms. The van der Waals surface area contributed by atoms with Gasteiger partial charge in [-0.2, -0.15) is 0 Å². The number of benzene rings is 2. The largest absolute Gasteiger partial charge is 0.483 e. The van der Waals surface area contributed by atoms with Gasteiger partial charge in [-0.15, -0.1) is 0 Å². The van der Waals surface area contributed by atoms with Gasteiger partial charge in [0.25, 0.3) is 5.91 Å². The van der Waals surface area contributed by atoms with E-state index < -0.39 is 0 Å². The number of nitrogens with one attached hydrogen (secondary N) is 1. The monoisotopic (exact) mass is 324 g/mol. The van der Waals surface area contributed by atoms with Gasteiger partial charge in [-0.3, -0.25) is 4.79 Å². The predicted octanol–water partition coefficient (Wildman–Crippen LogP) is 3.90. The Morgan fingerprint density at radius 2 is 1.86 bits per heavy atom. The first kappa shape index (κ1) is 15.5. The van der Waals surface area contributed by atoms with Crippen LogP contribution in [0.5, 0.6) is 5.75 Å². The summed E-state index contributed by atoms with van der Waals surface area (Å²) in [7, 11) is 0. The summed E-state index contributed by atoms with van der Waals surface area (Å²) in [4.78, 5) is 11.9. The van der Waals surface area contributed by atoms with Gasteiger partial charge in [0.2, 0.25) is 0 Å². The summed E-state index contributed by atoms with van der Waals surface area (Å²) in [5, 5.41) is 3.18. The molecule has 0 radical (unpaired) electrons. The molecule has 2 aromatic rings. The van der Waals surface area contributed by atoms with Crippen molar-refractivity contribution in [2.45, 2.75) is 6.92 Å². The van der Waals surface area contributed by atoms with E-state index in [-0.39, 0.29) is 22.6 Å². The number of halogens is 2. The predicted molar refractivity (Wildman–Crippen MR) is 86.2 cm³/mol. The summed E-state index contributed by atoms with van der Waals surface area (Å²) in [6.45, 7) is 1.77. The summed E-state index contributed by atoms with van der Waals surface area (Å²) in [5.74, 6) is 0.300. The highest BCUT2D eigenvalue weighted by molar-refractivity contribution is 6.40. The van der Waals surface area contributed by atoms with E-state index in [1.54, 1.807) is 6.07 Å². The average Bonchev–Trinajstić information content (AvgIpc) is 2.42. The highest BCUT2D eigenvalue weighted by Crippen LogP contribution is 2.32. The molecule has 0 aliphatic carbocycles. The summed E-state index contributed by atoms with van der Waals surface area (Å²) >= 11 is 12.0. The number of hydrogen-bond acceptors (Lipinski definition) is 3. The van der Waals surface area contributed by atoms with Crippen LogP contribution >= 0.6 is 23.2 Å². The van der Waals surface area contributed by atoms with Crippen LogP contribution in [-0.4, -0.2) is 12.5 Å². The van der Waals surface area contributed by atoms with Crippen molar-refractivity contribution in [2.75, 3.05) is 17.7 Å². The zero-order valence-corrected chi connectivity index (χ0v) is 12.8. The van der Waals surface area contributed by atoms with Crippen molar-refractivity contribution in [3.63, 3.8) is 0 Å². The number of amides is 1. The molecular formula is C15H14Cl2N2O2. The minimum absolute atomic E-state index is 0.137. The molecule has 21 heavy (non-hydrogen) atoms. The molecule has 3 N–H and O–H groups in total. The molecule has 1 amide bonds. The van der Waals surface area contributed by atoms with Crippen LogP contribution < -0.4 is 15.8 Å². The number of rotatable bonds is 4. The Morgan fingerprint density at radius 1 is 1.24 bits per heavy atom. The molecule has 0 spiro atoms. The molecule has 0 aliphatic rings. The van der Waals surface area contributed by atoms with Crippen molar-refractivity contribution in [1.29, 1.82) is 0 Å². The van der Waals surface area contributed by atoms with Gasteiger partial charge in [0.15, 0.2) is 6.61 Å². The number of anilines is 2. The Bertz CT molecular complexity index is 651. The summed E-state index contributed by atoms with van der Waals surface area (Å²) < 4.78 is 5.45. The van der Waals surface area contributed by atoms with Crippen molar-refractivity contribution in [3.05, 3.63) is 52.0 Å². The van der Waals surface area contributed by atoms with E-state index >= 15 is 0 Å². The maximum absolute atomic E-state index is 11.9. The van der Waals surface area contributed by atoms with Crippen molar-refractivity contribution >= 4 is 40.5 Å². The molecule has 2 rings (SSSR count). The Kier molecular flexibility index (Phi) is 4.94. The second-order valence-electron chi connectivity index (χ2n) is 4.46. The molecule has 0 aromatic heterocycles. The van der Waals surface area contributed by atoms with Crippen LogP contribution in [0.25, 0.3) is 0 Å². The van der Waals surface area contributed by atoms with E-state index in [1.807, 2.05) is 25.1 Å². The molecule has 2 aromatic carbocycles. The van der Waals surface area contributed by atoms with Crippen LogP contribution in [0.1, 0.15) is 5.56 Å². The number of carbonyl (C=O) groups excluding carboxylic acids is 1. The van der Waals surface area contributed by atoms with Crippen LogP contribution in [0.2, 0.25) is 10.0 Å². The smallest absolute Gasteiger partial charge is 0.262 e. The fourth-order valence-corrected chi connectivity index (χ4v) is 2.35. The number of para-hydroxylation sites is 1. The number of nitrogens with two attached hydrogens (primary N) is 1. The van der Waals surface area contributed by atoms with E-state index in [1.165, 1.54) is 12.1 Å². The van der Waals surface area contributed by atoms with Gasteiger partial charge in [-0.05, 0) is 30.7 Å². The van der Waals surface area contributed by atoms with Crippen LogP contribution in [0.3, 0.4) is 0 Å². The molecule has 0 unspecified atom stereocenters. The lowest BCUT2D eigenvalue weighted by molar-refractivity contribution is -0.118. The zero-order valence-electron chi connectivity index (χ0n) is 11.3. The quantitative estimate of drug-likeness (QED) is 0.838. The third-order valence-corrected chi connectivity index (χ3v) is 3.38. The molecular weight excluding hydrogens is 311 g/mol. The molecule has 0 fully saturated rings. The van der Waals surface area contributed by atoms with Crippen molar-refractivity contribution in [2.24, 2.45) is 0 Å². The minimum atomic E-state index is -0.355. The third-order valence-electron chi connectivity index (χ3n) is 2.78. The highest BCUT2D eigenvalue weighted by Gasteiger charge is 2.12. The number of hydrogen-bond donors (Lipinski definition) is 2. The normalized spacial score (nSPS) is 10.2. The van der Waals surface area contributed by atoms with E-state index in [2.05, 4.69) is 5.32 Å². The lowest BCUT2D eigenvalue weighted by Crippen LogP contribution is -2.20. The fourth-order valence-electron chi connectivity index (χ4n) is 1.75. The van der Waals surface area contributed by atoms with E-state index in [0.717, 1.165) is 5.56 Å². The maximum atomic E-state index is 11.9. The summed E-state index contributed by atoms with van der Waals surface area (Å²) in [5.41, 5.74) is 7.31. The second kappa shape index (κ2) is 6.70. The Hall–Kier alpha value is -1.91. The van der Waals surface area contributed by atoms with Crippen molar-refractivity contribution in [3.8, 4) is 5.75 Å². The Balaban J connectivity index is 2.01. The molecule has 0 saturated carbocycles. The fraction of sp³-hybridized carbons (Fsp3) is 0.133. The minimum Gasteiger partial charge on any atom is -0.483 e. The molecule has 0 atom stereocenters. The lowest BCUT2D eigenvalue weighted by Gasteiger charge is -2.12. The van der Waals surface area contributed by atoms with Crippen molar-refractivity contribution < 1.29 is 9.53 Å². The van der Waals surface area contributed by atoms with Gasteiger partial charge < -0.3 is 15.8 Å². The number of nitrogen functional groups attached to an aromatic ring is 1. The molecule has 4 nitrogen and oxygen atoms in total. The molecule has 6 heteroatoms. The molecule has 110 valence electrons. The van der Waals surface area contributed by atoms with Crippen LogP contribution in [-0.2, 0) is 4.79 Å². The van der Waals surface area contributed by atoms with E-state index in [4.69, 9.17) is 33.7 Å². The molecule has 0 aliphatic heterocycles. The van der Waals surface area contributed by atoms with Crippen LogP contribution in [0.15, 0.2) is 36.4 Å². The van der Waals surface area contributed by atoms with Gasteiger partial charge in [0.05, 0.1) is 15.7 Å². The summed E-state index contributed by atoms with van der Waals surface area (Å²) in [6.07, 6.45) is 0. The topological polar surface area (TPSA) is 64.3 Å². The van der Waals surface area contributed by atoms with E-state index in [0.29, 0.717) is 17.1 Å². The van der Waals surface area contributed by atoms with Crippen LogP contribution in [0, 0.1) is 6.92 Å². The number of carbonyl (C=O) groups is 1. The SMILES string of the molecule is Cc1ccccc1OCC(=O)Nc1c(Cl)cc(N)cc1Cl. The first-order valence-corrected chi connectivity index (χ1v) is 6.96. The molecule has 0 heterocycles. The first-order valence-electron chi connectivity index (χ1n) is 6.20. The highest BCUT2D eigenvalue weighted by atomic mass is 35.5. The summed E-state index contributed by atoms with van der Waals surface area (Å²) in [6, 6.07) is 10.5. The maximum Gasteiger partial charge on any atom is 0.262 e. The van der Waals surface area contributed by atoms with Gasteiger partial charge in [-0.25, -0.2) is 0 Å². The Labute approximate surface area is 132 Å². The van der Waals surface area contributed by atoms with E-state index in [9.17, 15) is 4.79 Å². The third kappa shape index (κ3) is 4.03. The second-order valence-corrected chi connectivity index (χ2v) is 5.28. The standard InChI is InChI=1S/C15H14Cl2N2O2/c1-9-4-2-3-5-13(9)21-8-14(20)19-15-11(16)6-10(18)7-12(15)17/h2-7H,8,18H2,1H3,(H,19,20). The lowest BCUT2D eigenvalue weighted by atomic mass is 10.2.